The summed E-state index contributed by atoms with van der Waals surface area (Å²) in [4.78, 5) is 50.2. The monoisotopic (exact) mass is 509 g/mol. The van der Waals surface area contributed by atoms with Crippen molar-refractivity contribution >= 4 is 35.6 Å². The molecule has 0 aliphatic rings. The number of nitrogens with one attached hydrogen (secondary N) is 3. The maximum atomic E-state index is 13.1. The predicted molar refractivity (Wildman–Crippen MR) is 137 cm³/mol. The van der Waals surface area contributed by atoms with Crippen LogP contribution in [-0.2, 0) is 25.5 Å². The Morgan fingerprint density at radius 1 is 0.943 bits per heavy atom. The summed E-state index contributed by atoms with van der Waals surface area (Å²) >= 11 is 1.52. The van der Waals surface area contributed by atoms with Crippen molar-refractivity contribution in [2.24, 2.45) is 5.92 Å². The summed E-state index contributed by atoms with van der Waals surface area (Å²) in [6.45, 7) is 8.97. The summed E-state index contributed by atoms with van der Waals surface area (Å²) in [5.41, 5.74) is 0.0401. The SMILES string of the molecule is CSCC[C@H](NC(=O)OC(C)(C)C)C(=O)N[C@H](CC(C)C)C(=O)N[C@H](Cc1ccccc1)C(=O)O. The molecule has 10 heteroatoms. The van der Waals surface area contributed by atoms with E-state index < -0.39 is 47.6 Å². The normalized spacial score (nSPS) is 13.9. The Morgan fingerprint density at radius 2 is 1.51 bits per heavy atom. The van der Waals surface area contributed by atoms with Gasteiger partial charge in [-0.1, -0.05) is 44.2 Å². The molecule has 3 amide bonds. The molecule has 0 aliphatic carbocycles. The van der Waals surface area contributed by atoms with Gasteiger partial charge in [0.05, 0.1) is 0 Å². The minimum atomic E-state index is -1.17. The smallest absolute Gasteiger partial charge is 0.408 e. The van der Waals surface area contributed by atoms with E-state index in [0.29, 0.717) is 18.6 Å². The minimum Gasteiger partial charge on any atom is -0.480 e. The molecule has 1 rings (SSSR count). The molecule has 0 saturated carbocycles. The average Bonchev–Trinajstić information content (AvgIpc) is 2.74. The number of hydrogen-bond acceptors (Lipinski definition) is 6. The Balaban J connectivity index is 2.96. The Hall–Kier alpha value is -2.75. The van der Waals surface area contributed by atoms with Crippen LogP contribution >= 0.6 is 11.8 Å². The van der Waals surface area contributed by atoms with E-state index in [4.69, 9.17) is 4.74 Å². The zero-order valence-electron chi connectivity index (χ0n) is 21.4. The Labute approximate surface area is 212 Å². The van der Waals surface area contributed by atoms with Crippen molar-refractivity contribution in [3.05, 3.63) is 35.9 Å². The number of hydrogen-bond donors (Lipinski definition) is 4. The number of carboxylic acids is 1. The van der Waals surface area contributed by atoms with Crippen LogP contribution in [0.3, 0.4) is 0 Å². The molecule has 35 heavy (non-hydrogen) atoms. The quantitative estimate of drug-likeness (QED) is 0.321. The molecule has 3 atom stereocenters. The fraction of sp³-hybridized carbons (Fsp3) is 0.600. The summed E-state index contributed by atoms with van der Waals surface area (Å²) in [5.74, 6) is -1.63. The molecule has 1 aromatic carbocycles. The molecule has 196 valence electrons. The first-order valence-electron chi connectivity index (χ1n) is 11.7. The number of rotatable bonds is 13. The van der Waals surface area contributed by atoms with E-state index >= 15 is 0 Å². The zero-order valence-corrected chi connectivity index (χ0v) is 22.2. The maximum Gasteiger partial charge on any atom is 0.408 e. The van der Waals surface area contributed by atoms with Crippen LogP contribution in [-0.4, -0.2) is 64.7 Å². The van der Waals surface area contributed by atoms with E-state index in [2.05, 4.69) is 16.0 Å². The van der Waals surface area contributed by atoms with Gasteiger partial charge in [0.15, 0.2) is 0 Å². The van der Waals surface area contributed by atoms with Crippen molar-refractivity contribution in [2.45, 2.75) is 77.6 Å². The summed E-state index contributed by atoms with van der Waals surface area (Å²) < 4.78 is 5.27. The van der Waals surface area contributed by atoms with Crippen molar-refractivity contribution in [3.8, 4) is 0 Å². The molecule has 0 saturated heterocycles. The lowest BCUT2D eigenvalue weighted by Crippen LogP contribution is -2.56. The van der Waals surface area contributed by atoms with Crippen LogP contribution < -0.4 is 16.0 Å². The number of amides is 3. The standard InChI is InChI=1S/C25H39N3O6S/c1-16(2)14-19(22(30)27-20(23(31)32)15-17-10-8-7-9-11-17)26-21(29)18(12-13-35-6)28-24(33)34-25(3,4)5/h7-11,16,18-20H,12-15H2,1-6H3,(H,26,29)(H,27,30)(H,28,33)(H,31,32)/t18-,19+,20+/m0/s1. The first kappa shape index (κ1) is 30.3. The molecule has 0 bridgehead atoms. The van der Waals surface area contributed by atoms with Crippen molar-refractivity contribution < 1.29 is 29.0 Å². The van der Waals surface area contributed by atoms with Crippen molar-refractivity contribution in [3.63, 3.8) is 0 Å². The van der Waals surface area contributed by atoms with Gasteiger partial charge in [-0.05, 0) is 57.1 Å². The second-order valence-electron chi connectivity index (χ2n) is 9.76. The van der Waals surface area contributed by atoms with Gasteiger partial charge in [-0.25, -0.2) is 9.59 Å². The van der Waals surface area contributed by atoms with Gasteiger partial charge >= 0.3 is 12.1 Å². The van der Waals surface area contributed by atoms with Gasteiger partial charge in [-0.3, -0.25) is 9.59 Å². The summed E-state index contributed by atoms with van der Waals surface area (Å²) in [6.07, 6.45) is 1.92. The third-order valence-corrected chi connectivity index (χ3v) is 5.50. The molecular formula is C25H39N3O6S. The molecule has 0 fully saturated rings. The van der Waals surface area contributed by atoms with E-state index in [9.17, 15) is 24.3 Å². The van der Waals surface area contributed by atoms with Crippen LogP contribution in [0.15, 0.2) is 30.3 Å². The van der Waals surface area contributed by atoms with E-state index in [-0.39, 0.29) is 12.3 Å². The van der Waals surface area contributed by atoms with Gasteiger partial charge in [0.2, 0.25) is 11.8 Å². The maximum absolute atomic E-state index is 13.1. The number of alkyl carbamates (subject to hydrolysis) is 1. The largest absolute Gasteiger partial charge is 0.480 e. The Kier molecular flexibility index (Phi) is 12.6. The molecule has 1 aromatic rings. The highest BCUT2D eigenvalue weighted by Gasteiger charge is 2.30. The van der Waals surface area contributed by atoms with Crippen molar-refractivity contribution in [1.82, 2.24) is 16.0 Å². The molecule has 0 unspecified atom stereocenters. The van der Waals surface area contributed by atoms with E-state index in [0.717, 1.165) is 5.56 Å². The number of carbonyl (C=O) groups excluding carboxylic acids is 3. The molecule has 9 nitrogen and oxygen atoms in total. The van der Waals surface area contributed by atoms with Gasteiger partial charge in [0, 0.05) is 6.42 Å². The molecule has 0 heterocycles. The molecule has 0 radical (unpaired) electrons. The lowest BCUT2D eigenvalue weighted by Gasteiger charge is -2.26. The lowest BCUT2D eigenvalue weighted by atomic mass is 10.0. The topological polar surface area (TPSA) is 134 Å². The fourth-order valence-corrected chi connectivity index (χ4v) is 3.72. The molecule has 4 N–H and O–H groups in total. The zero-order chi connectivity index (χ0) is 26.6. The van der Waals surface area contributed by atoms with Crippen molar-refractivity contribution in [1.29, 1.82) is 0 Å². The van der Waals surface area contributed by atoms with E-state index in [1.165, 1.54) is 11.8 Å². The molecule has 0 aliphatic heterocycles. The van der Waals surface area contributed by atoms with Crippen LogP contribution in [0, 0.1) is 5.92 Å². The number of carbonyl (C=O) groups is 4. The van der Waals surface area contributed by atoms with E-state index in [1.54, 1.807) is 45.0 Å². The highest BCUT2D eigenvalue weighted by Crippen LogP contribution is 2.11. The summed E-state index contributed by atoms with van der Waals surface area (Å²) in [5, 5.41) is 17.5. The third kappa shape index (κ3) is 12.5. The van der Waals surface area contributed by atoms with Crippen LogP contribution in [0.1, 0.15) is 53.0 Å². The highest BCUT2D eigenvalue weighted by atomic mass is 32.2. The van der Waals surface area contributed by atoms with Gasteiger partial charge in [0.25, 0.3) is 0 Å². The summed E-state index contributed by atoms with van der Waals surface area (Å²) in [7, 11) is 0. The van der Waals surface area contributed by atoms with Gasteiger partial charge in [0.1, 0.15) is 23.7 Å². The number of benzene rings is 1. The first-order chi connectivity index (χ1) is 16.3. The Bertz CT molecular complexity index is 841. The second kappa shape index (κ2) is 14.6. The Morgan fingerprint density at radius 3 is 2.03 bits per heavy atom. The number of aliphatic carboxylic acids is 1. The van der Waals surface area contributed by atoms with E-state index in [1.807, 2.05) is 26.2 Å². The molecular weight excluding hydrogens is 470 g/mol. The van der Waals surface area contributed by atoms with Crippen molar-refractivity contribution in [2.75, 3.05) is 12.0 Å². The predicted octanol–water partition coefficient (Wildman–Crippen LogP) is 2.98. The number of thioether (sulfide) groups is 1. The van der Waals surface area contributed by atoms with Gasteiger partial charge in [-0.15, -0.1) is 0 Å². The van der Waals surface area contributed by atoms with Gasteiger partial charge < -0.3 is 25.8 Å². The fourth-order valence-electron chi connectivity index (χ4n) is 3.25. The van der Waals surface area contributed by atoms with Crippen LogP contribution in [0.25, 0.3) is 0 Å². The number of carboxylic acid groups (broad SMARTS) is 1. The van der Waals surface area contributed by atoms with Crippen LogP contribution in [0.4, 0.5) is 4.79 Å². The van der Waals surface area contributed by atoms with Gasteiger partial charge in [-0.2, -0.15) is 11.8 Å². The second-order valence-corrected chi connectivity index (χ2v) is 10.7. The minimum absolute atomic E-state index is 0.0481. The summed E-state index contributed by atoms with van der Waals surface area (Å²) in [6, 6.07) is 5.97. The first-order valence-corrected chi connectivity index (χ1v) is 13.1. The number of ether oxygens (including phenoxy) is 1. The lowest BCUT2D eigenvalue weighted by molar-refractivity contribution is -0.142. The molecule has 0 aromatic heterocycles. The average molecular weight is 510 g/mol. The molecule has 0 spiro atoms. The van der Waals surface area contributed by atoms with Crippen LogP contribution in [0.5, 0.6) is 0 Å². The van der Waals surface area contributed by atoms with Crippen LogP contribution in [0.2, 0.25) is 0 Å². The highest BCUT2D eigenvalue weighted by molar-refractivity contribution is 7.98. The third-order valence-electron chi connectivity index (χ3n) is 4.86.